The van der Waals surface area contributed by atoms with Crippen LogP contribution in [0.5, 0.6) is 0 Å². The summed E-state index contributed by atoms with van der Waals surface area (Å²) in [6.07, 6.45) is 2.24. The van der Waals surface area contributed by atoms with E-state index >= 15 is 0 Å². The van der Waals surface area contributed by atoms with Gasteiger partial charge in [-0.15, -0.1) is 0 Å². The average Bonchev–Trinajstić information content (AvgIpc) is 2.90. The Morgan fingerprint density at radius 1 is 1.19 bits per heavy atom. The molecular formula is C18H20N2O. The minimum absolute atomic E-state index is 0.0402. The molecule has 0 fully saturated rings. The van der Waals surface area contributed by atoms with E-state index in [1.165, 1.54) is 11.1 Å². The number of hydrogen-bond donors (Lipinski definition) is 1. The number of aryl methyl sites for hydroxylation is 1. The van der Waals surface area contributed by atoms with E-state index in [1.807, 2.05) is 18.2 Å². The minimum Gasteiger partial charge on any atom is -0.378 e. The van der Waals surface area contributed by atoms with Crippen molar-refractivity contribution in [2.45, 2.75) is 25.8 Å². The third kappa shape index (κ3) is 2.77. The summed E-state index contributed by atoms with van der Waals surface area (Å²) in [5.41, 5.74) is 4.80. The first-order chi connectivity index (χ1) is 10.1. The summed E-state index contributed by atoms with van der Waals surface area (Å²) in [5.74, 6) is 0.0402. The first kappa shape index (κ1) is 13.7. The maximum absolute atomic E-state index is 11.5. The monoisotopic (exact) mass is 280 g/mol. The summed E-state index contributed by atoms with van der Waals surface area (Å²) in [5, 5.41) is 3.59. The molecule has 2 aromatic rings. The smallest absolute Gasteiger partial charge is 0.223 e. The number of nitrogens with one attached hydrogen (secondary N) is 1. The van der Waals surface area contributed by atoms with Crippen LogP contribution in [-0.2, 0) is 11.2 Å². The predicted octanol–water partition coefficient (Wildman–Crippen LogP) is 3.77. The molecule has 0 radical (unpaired) electrons. The van der Waals surface area contributed by atoms with Crippen molar-refractivity contribution in [2.24, 2.45) is 0 Å². The van der Waals surface area contributed by atoms with Gasteiger partial charge >= 0.3 is 0 Å². The molecule has 21 heavy (non-hydrogen) atoms. The van der Waals surface area contributed by atoms with Gasteiger partial charge in [0.25, 0.3) is 0 Å². The lowest BCUT2D eigenvalue weighted by Crippen LogP contribution is -2.22. The van der Waals surface area contributed by atoms with Gasteiger partial charge in [-0.2, -0.15) is 0 Å². The fourth-order valence-electron chi connectivity index (χ4n) is 2.89. The zero-order valence-electron chi connectivity index (χ0n) is 12.5. The number of amides is 1. The highest BCUT2D eigenvalue weighted by atomic mass is 16.2. The number of carbonyl (C=O) groups is 1. The van der Waals surface area contributed by atoms with E-state index in [4.69, 9.17) is 0 Å². The van der Waals surface area contributed by atoms with E-state index < -0.39 is 0 Å². The van der Waals surface area contributed by atoms with Crippen molar-refractivity contribution in [1.82, 2.24) is 0 Å². The highest BCUT2D eigenvalue weighted by Gasteiger charge is 2.21. The second-order valence-electron chi connectivity index (χ2n) is 5.56. The second kappa shape index (κ2) is 5.60. The maximum Gasteiger partial charge on any atom is 0.223 e. The Kier molecular flexibility index (Phi) is 3.65. The highest BCUT2D eigenvalue weighted by Crippen LogP contribution is 2.34. The Labute approximate surface area is 125 Å². The molecule has 1 atom stereocenters. The van der Waals surface area contributed by atoms with Crippen molar-refractivity contribution in [2.75, 3.05) is 17.3 Å². The van der Waals surface area contributed by atoms with Gasteiger partial charge in [-0.1, -0.05) is 30.3 Å². The first-order valence-corrected chi connectivity index (χ1v) is 7.34. The minimum atomic E-state index is 0.0402. The molecule has 3 nitrogen and oxygen atoms in total. The summed E-state index contributed by atoms with van der Waals surface area (Å²) >= 11 is 0. The van der Waals surface area contributed by atoms with Crippen LogP contribution < -0.4 is 10.2 Å². The van der Waals surface area contributed by atoms with Crippen LogP contribution in [0.15, 0.2) is 48.5 Å². The molecule has 1 aliphatic rings. The van der Waals surface area contributed by atoms with Crippen molar-refractivity contribution in [3.63, 3.8) is 0 Å². The molecule has 0 saturated carbocycles. The van der Waals surface area contributed by atoms with Gasteiger partial charge in [0.1, 0.15) is 0 Å². The molecular weight excluding hydrogens is 260 g/mol. The van der Waals surface area contributed by atoms with Gasteiger partial charge in [-0.05, 0) is 42.2 Å². The van der Waals surface area contributed by atoms with Crippen molar-refractivity contribution in [3.8, 4) is 0 Å². The van der Waals surface area contributed by atoms with Crippen molar-refractivity contribution in [1.29, 1.82) is 0 Å². The molecule has 3 rings (SSSR count). The van der Waals surface area contributed by atoms with E-state index in [1.54, 1.807) is 18.9 Å². The Balaban J connectivity index is 1.80. The molecule has 3 heteroatoms. The van der Waals surface area contributed by atoms with Crippen LogP contribution >= 0.6 is 0 Å². The number of benzene rings is 2. The van der Waals surface area contributed by atoms with Crippen LogP contribution in [0.1, 0.15) is 30.5 Å². The summed E-state index contributed by atoms with van der Waals surface area (Å²) in [7, 11) is 1.80. The fraction of sp³-hybridized carbons (Fsp3) is 0.278. The number of fused-ring (bicyclic) bond motifs is 1. The van der Waals surface area contributed by atoms with Crippen LogP contribution in [0.25, 0.3) is 0 Å². The number of nitrogens with zero attached hydrogens (tertiary/aromatic N) is 1. The van der Waals surface area contributed by atoms with Gasteiger partial charge in [-0.25, -0.2) is 0 Å². The predicted molar refractivity (Wildman–Crippen MR) is 86.7 cm³/mol. The normalized spacial score (nSPS) is 16.4. The fourth-order valence-corrected chi connectivity index (χ4v) is 2.89. The van der Waals surface area contributed by atoms with Crippen LogP contribution in [-0.4, -0.2) is 13.0 Å². The van der Waals surface area contributed by atoms with Gasteiger partial charge in [0.2, 0.25) is 5.91 Å². The largest absolute Gasteiger partial charge is 0.378 e. The van der Waals surface area contributed by atoms with Crippen LogP contribution in [0, 0.1) is 0 Å². The topological polar surface area (TPSA) is 32.3 Å². The molecule has 0 aliphatic heterocycles. The van der Waals surface area contributed by atoms with Crippen molar-refractivity contribution in [3.05, 3.63) is 59.7 Å². The number of rotatable bonds is 3. The third-order valence-electron chi connectivity index (χ3n) is 4.18. The van der Waals surface area contributed by atoms with Gasteiger partial charge < -0.3 is 10.2 Å². The number of carbonyl (C=O) groups excluding carboxylic acids is 1. The molecule has 0 unspecified atom stereocenters. The van der Waals surface area contributed by atoms with Gasteiger partial charge in [-0.3, -0.25) is 4.79 Å². The molecule has 0 bridgehead atoms. The lowest BCUT2D eigenvalue weighted by atomic mass is 10.1. The Morgan fingerprint density at radius 2 is 2.00 bits per heavy atom. The van der Waals surface area contributed by atoms with E-state index in [0.29, 0.717) is 6.04 Å². The Morgan fingerprint density at radius 3 is 2.81 bits per heavy atom. The average molecular weight is 280 g/mol. The van der Waals surface area contributed by atoms with E-state index in [9.17, 15) is 4.79 Å². The summed E-state index contributed by atoms with van der Waals surface area (Å²) in [6.45, 7) is 1.58. The lowest BCUT2D eigenvalue weighted by Gasteiger charge is -2.19. The van der Waals surface area contributed by atoms with Gasteiger partial charge in [0, 0.05) is 25.3 Å². The maximum atomic E-state index is 11.5. The number of anilines is 2. The molecule has 0 saturated heterocycles. The van der Waals surface area contributed by atoms with Crippen LogP contribution in [0.4, 0.5) is 11.4 Å². The van der Waals surface area contributed by atoms with E-state index in [0.717, 1.165) is 24.2 Å². The second-order valence-corrected chi connectivity index (χ2v) is 5.56. The quantitative estimate of drug-likeness (QED) is 0.928. The summed E-state index contributed by atoms with van der Waals surface area (Å²) in [4.78, 5) is 13.1. The van der Waals surface area contributed by atoms with E-state index in [-0.39, 0.29) is 5.91 Å². The SMILES string of the molecule is CC(=O)N(C)c1cccc(N[C@@H]2CCc3ccccc32)c1. The summed E-state index contributed by atoms with van der Waals surface area (Å²) in [6, 6.07) is 17.0. The standard InChI is InChI=1S/C18H20N2O/c1-13(21)20(2)16-8-5-7-15(12-16)19-18-11-10-14-6-3-4-9-17(14)18/h3-9,12,18-19H,10-11H2,1-2H3/t18-/m1/s1. The highest BCUT2D eigenvalue weighted by molar-refractivity contribution is 5.91. The van der Waals surface area contributed by atoms with Crippen molar-refractivity contribution >= 4 is 17.3 Å². The zero-order valence-corrected chi connectivity index (χ0v) is 12.5. The van der Waals surface area contributed by atoms with Crippen molar-refractivity contribution < 1.29 is 4.79 Å². The lowest BCUT2D eigenvalue weighted by molar-refractivity contribution is -0.116. The summed E-state index contributed by atoms with van der Waals surface area (Å²) < 4.78 is 0. The molecule has 1 aliphatic carbocycles. The molecule has 0 aromatic heterocycles. The van der Waals surface area contributed by atoms with Crippen LogP contribution in [0.3, 0.4) is 0 Å². The molecule has 2 aromatic carbocycles. The molecule has 0 spiro atoms. The Hall–Kier alpha value is -2.29. The number of hydrogen-bond acceptors (Lipinski definition) is 2. The molecule has 0 heterocycles. The van der Waals surface area contributed by atoms with Crippen LogP contribution in [0.2, 0.25) is 0 Å². The molecule has 108 valence electrons. The van der Waals surface area contributed by atoms with E-state index in [2.05, 4.69) is 35.6 Å². The van der Waals surface area contributed by atoms with Gasteiger partial charge in [0.05, 0.1) is 6.04 Å². The zero-order chi connectivity index (χ0) is 14.8. The molecule has 1 N–H and O–H groups in total. The molecule has 1 amide bonds. The Bertz CT molecular complexity index is 666. The van der Waals surface area contributed by atoms with Gasteiger partial charge in [0.15, 0.2) is 0 Å². The first-order valence-electron chi connectivity index (χ1n) is 7.34. The third-order valence-corrected chi connectivity index (χ3v) is 4.18.